The summed E-state index contributed by atoms with van der Waals surface area (Å²) in [7, 11) is -1.89. The molecule has 1 fully saturated rings. The Morgan fingerprint density at radius 2 is 1.89 bits per heavy atom. The molecule has 0 saturated carbocycles. The van der Waals surface area contributed by atoms with Crippen molar-refractivity contribution in [2.75, 3.05) is 18.6 Å². The first-order valence-electron chi connectivity index (χ1n) is 8.73. The minimum absolute atomic E-state index is 0.0122. The van der Waals surface area contributed by atoms with Crippen LogP contribution >= 0.6 is 0 Å². The standard InChI is InChI=1S/C18H20N2O7S/c1-26-17(22)13-4-2-12(3-5-13)10-27-18(23)15-6-7-16(21)20(19-15)14-8-9-28(24,25)11-14/h2-5,14H,6-11H2,1H3. The van der Waals surface area contributed by atoms with E-state index in [2.05, 4.69) is 9.84 Å². The van der Waals surface area contributed by atoms with E-state index in [0.717, 1.165) is 5.01 Å². The van der Waals surface area contributed by atoms with Crippen LogP contribution in [-0.2, 0) is 35.5 Å². The van der Waals surface area contributed by atoms with Crippen molar-refractivity contribution in [1.82, 2.24) is 5.01 Å². The van der Waals surface area contributed by atoms with Crippen molar-refractivity contribution in [3.05, 3.63) is 35.4 Å². The molecule has 1 saturated heterocycles. The number of hydrogen-bond donors (Lipinski definition) is 0. The van der Waals surface area contributed by atoms with Crippen LogP contribution in [0.15, 0.2) is 29.4 Å². The van der Waals surface area contributed by atoms with E-state index in [1.807, 2.05) is 0 Å². The molecule has 3 rings (SSSR count). The molecule has 0 radical (unpaired) electrons. The quantitative estimate of drug-likeness (QED) is 0.657. The normalized spacial score (nSPS) is 21.2. The van der Waals surface area contributed by atoms with Gasteiger partial charge in [-0.15, -0.1) is 0 Å². The summed E-state index contributed by atoms with van der Waals surface area (Å²) in [5.74, 6) is -1.54. The van der Waals surface area contributed by atoms with Crippen LogP contribution in [0, 0.1) is 0 Å². The molecule has 0 bridgehead atoms. The molecule has 1 amide bonds. The fourth-order valence-corrected chi connectivity index (χ4v) is 4.75. The third-order valence-electron chi connectivity index (χ3n) is 4.59. The van der Waals surface area contributed by atoms with E-state index in [9.17, 15) is 22.8 Å². The Hall–Kier alpha value is -2.75. The molecule has 1 aromatic carbocycles. The van der Waals surface area contributed by atoms with Crippen LogP contribution < -0.4 is 0 Å². The molecule has 2 heterocycles. The molecule has 9 nitrogen and oxygen atoms in total. The van der Waals surface area contributed by atoms with Crippen molar-refractivity contribution < 1.29 is 32.3 Å². The molecule has 1 aromatic rings. The van der Waals surface area contributed by atoms with Gasteiger partial charge in [-0.1, -0.05) is 12.1 Å². The summed E-state index contributed by atoms with van der Waals surface area (Å²) in [6.07, 6.45) is 0.541. The van der Waals surface area contributed by atoms with E-state index in [1.165, 1.54) is 7.11 Å². The number of ether oxygens (including phenoxy) is 2. The number of carbonyl (C=O) groups excluding carboxylic acids is 3. The number of sulfone groups is 1. The molecule has 28 heavy (non-hydrogen) atoms. The van der Waals surface area contributed by atoms with Crippen molar-refractivity contribution in [2.24, 2.45) is 5.10 Å². The molecular formula is C18H20N2O7S. The van der Waals surface area contributed by atoms with E-state index in [1.54, 1.807) is 24.3 Å². The van der Waals surface area contributed by atoms with Crippen molar-refractivity contribution in [3.63, 3.8) is 0 Å². The zero-order valence-electron chi connectivity index (χ0n) is 15.3. The van der Waals surface area contributed by atoms with Crippen molar-refractivity contribution in [2.45, 2.75) is 31.9 Å². The van der Waals surface area contributed by atoms with Crippen LogP contribution in [0.1, 0.15) is 35.2 Å². The lowest BCUT2D eigenvalue weighted by Gasteiger charge is -2.27. The number of amides is 1. The molecule has 0 N–H and O–H groups in total. The van der Waals surface area contributed by atoms with Crippen molar-refractivity contribution >= 4 is 33.4 Å². The summed E-state index contributed by atoms with van der Waals surface area (Å²) >= 11 is 0. The zero-order chi connectivity index (χ0) is 20.3. The van der Waals surface area contributed by atoms with Gasteiger partial charge in [0.1, 0.15) is 12.3 Å². The number of hydrogen-bond acceptors (Lipinski definition) is 8. The average molecular weight is 408 g/mol. The van der Waals surface area contributed by atoms with Crippen LogP contribution in [0.4, 0.5) is 0 Å². The Bertz CT molecular complexity index is 922. The van der Waals surface area contributed by atoms with Gasteiger partial charge in [0.15, 0.2) is 9.84 Å². The monoisotopic (exact) mass is 408 g/mol. The molecule has 0 aromatic heterocycles. The second-order valence-electron chi connectivity index (χ2n) is 6.61. The number of methoxy groups -OCH3 is 1. The van der Waals surface area contributed by atoms with Gasteiger partial charge in [-0.3, -0.25) is 4.79 Å². The number of benzene rings is 1. The Morgan fingerprint density at radius 1 is 1.18 bits per heavy atom. The largest absolute Gasteiger partial charge is 0.465 e. The van der Waals surface area contributed by atoms with Gasteiger partial charge >= 0.3 is 11.9 Å². The number of nitrogens with zero attached hydrogens (tertiary/aromatic N) is 2. The minimum atomic E-state index is -3.18. The molecule has 0 aliphatic carbocycles. The molecule has 10 heteroatoms. The van der Waals surface area contributed by atoms with Gasteiger partial charge < -0.3 is 9.47 Å². The SMILES string of the molecule is COC(=O)c1ccc(COC(=O)C2=NN(C3CCS(=O)(=O)C3)C(=O)CC2)cc1. The van der Waals surface area contributed by atoms with Crippen molar-refractivity contribution in [1.29, 1.82) is 0 Å². The number of hydrazone groups is 1. The van der Waals surface area contributed by atoms with Crippen LogP contribution in [0.25, 0.3) is 0 Å². The Balaban J connectivity index is 1.62. The first-order chi connectivity index (χ1) is 13.3. The fraction of sp³-hybridized carbons (Fsp3) is 0.444. The van der Waals surface area contributed by atoms with Gasteiger partial charge in [0, 0.05) is 12.8 Å². The predicted octanol–water partition coefficient (Wildman–Crippen LogP) is 0.682. The molecule has 1 unspecified atom stereocenters. The lowest BCUT2D eigenvalue weighted by atomic mass is 10.1. The maximum atomic E-state index is 12.3. The van der Waals surface area contributed by atoms with Crippen molar-refractivity contribution in [3.8, 4) is 0 Å². The fourth-order valence-electron chi connectivity index (χ4n) is 3.06. The van der Waals surface area contributed by atoms with Gasteiger partial charge in [-0.05, 0) is 24.1 Å². The van der Waals surface area contributed by atoms with Gasteiger partial charge in [-0.2, -0.15) is 5.10 Å². The van der Waals surface area contributed by atoms with E-state index in [4.69, 9.17) is 4.74 Å². The zero-order valence-corrected chi connectivity index (χ0v) is 16.1. The van der Waals surface area contributed by atoms with E-state index in [0.29, 0.717) is 17.5 Å². The summed E-state index contributed by atoms with van der Waals surface area (Å²) in [5.41, 5.74) is 1.15. The third kappa shape index (κ3) is 4.56. The van der Waals surface area contributed by atoms with Crippen LogP contribution in [0.3, 0.4) is 0 Å². The van der Waals surface area contributed by atoms with Crippen LogP contribution in [0.5, 0.6) is 0 Å². The summed E-state index contributed by atoms with van der Waals surface area (Å²) < 4.78 is 33.1. The summed E-state index contributed by atoms with van der Waals surface area (Å²) in [4.78, 5) is 35.8. The molecule has 1 atom stereocenters. The smallest absolute Gasteiger partial charge is 0.354 e. The molecule has 0 spiro atoms. The highest BCUT2D eigenvalue weighted by Crippen LogP contribution is 2.22. The van der Waals surface area contributed by atoms with Gasteiger partial charge in [-0.25, -0.2) is 23.0 Å². The summed E-state index contributed by atoms with van der Waals surface area (Å²) in [6, 6.07) is 5.87. The summed E-state index contributed by atoms with van der Waals surface area (Å²) in [5, 5.41) is 5.19. The highest BCUT2D eigenvalue weighted by atomic mass is 32.2. The second kappa shape index (κ2) is 8.09. The third-order valence-corrected chi connectivity index (χ3v) is 6.34. The first kappa shape index (κ1) is 20.0. The molecule has 2 aliphatic rings. The predicted molar refractivity (Wildman–Crippen MR) is 98.2 cm³/mol. The maximum absolute atomic E-state index is 12.3. The Kier molecular flexibility index (Phi) is 5.78. The first-order valence-corrected chi connectivity index (χ1v) is 10.6. The van der Waals surface area contributed by atoms with Crippen LogP contribution in [-0.4, -0.2) is 61.6 Å². The lowest BCUT2D eigenvalue weighted by molar-refractivity contribution is -0.138. The van der Waals surface area contributed by atoms with Gasteiger partial charge in [0.05, 0.1) is 30.2 Å². The number of rotatable bonds is 5. The minimum Gasteiger partial charge on any atom is -0.465 e. The number of esters is 2. The highest BCUT2D eigenvalue weighted by Gasteiger charge is 2.37. The van der Waals surface area contributed by atoms with E-state index < -0.39 is 27.8 Å². The summed E-state index contributed by atoms with van der Waals surface area (Å²) in [6.45, 7) is -0.0228. The number of carbonyl (C=O) groups is 3. The van der Waals surface area contributed by atoms with E-state index in [-0.39, 0.29) is 42.6 Å². The topological polar surface area (TPSA) is 119 Å². The molecular weight excluding hydrogens is 388 g/mol. The Labute approximate surface area is 162 Å². The second-order valence-corrected chi connectivity index (χ2v) is 8.84. The lowest BCUT2D eigenvalue weighted by Crippen LogP contribution is -2.42. The average Bonchev–Trinajstić information content (AvgIpc) is 3.05. The maximum Gasteiger partial charge on any atom is 0.354 e. The Morgan fingerprint density at radius 3 is 2.50 bits per heavy atom. The molecule has 150 valence electrons. The van der Waals surface area contributed by atoms with Gasteiger partial charge in [0.25, 0.3) is 0 Å². The highest BCUT2D eigenvalue weighted by molar-refractivity contribution is 7.91. The van der Waals surface area contributed by atoms with Crippen LogP contribution in [0.2, 0.25) is 0 Å². The molecule has 2 aliphatic heterocycles. The van der Waals surface area contributed by atoms with Gasteiger partial charge in [0.2, 0.25) is 5.91 Å². The van der Waals surface area contributed by atoms with E-state index >= 15 is 0 Å².